The molecule has 1 amide bonds. The van der Waals surface area contributed by atoms with Crippen molar-refractivity contribution in [2.24, 2.45) is 10.9 Å². The Morgan fingerprint density at radius 3 is 2.50 bits per heavy atom. The second-order valence-corrected chi connectivity index (χ2v) is 7.91. The number of aliphatic imine (C=N–C) groups is 1. The number of likely N-dealkylation sites (tertiary alicyclic amines) is 1. The van der Waals surface area contributed by atoms with Gasteiger partial charge in [-0.05, 0) is 29.7 Å². The monoisotopic (exact) mass is 408 g/mol. The molecular weight excluding hydrogens is 376 g/mol. The summed E-state index contributed by atoms with van der Waals surface area (Å²) in [5.74, 6) is 1.90. The number of para-hydroxylation sites is 1. The van der Waals surface area contributed by atoms with Crippen LogP contribution >= 0.6 is 0 Å². The number of hydrogen-bond acceptors (Lipinski definition) is 3. The summed E-state index contributed by atoms with van der Waals surface area (Å²) in [7, 11) is 1.77. The second-order valence-electron chi connectivity index (χ2n) is 7.91. The number of nitrogens with zero attached hydrogens (tertiary/aromatic N) is 2. The van der Waals surface area contributed by atoms with Crippen molar-refractivity contribution >= 4 is 11.9 Å². The van der Waals surface area contributed by atoms with E-state index < -0.39 is 0 Å². The summed E-state index contributed by atoms with van der Waals surface area (Å²) < 4.78 is 5.79. The number of rotatable bonds is 7. The highest BCUT2D eigenvalue weighted by atomic mass is 16.5. The lowest BCUT2D eigenvalue weighted by atomic mass is 10.1. The third-order valence-corrected chi connectivity index (χ3v) is 5.19. The van der Waals surface area contributed by atoms with E-state index in [1.54, 1.807) is 7.05 Å². The van der Waals surface area contributed by atoms with Crippen LogP contribution in [0.5, 0.6) is 5.75 Å². The normalized spacial score (nSPS) is 16.6. The predicted octanol–water partition coefficient (Wildman–Crippen LogP) is 3.19. The Bertz CT molecular complexity index is 834. The van der Waals surface area contributed by atoms with Crippen LogP contribution in [0.4, 0.5) is 0 Å². The maximum Gasteiger partial charge on any atom is 0.225 e. The summed E-state index contributed by atoms with van der Waals surface area (Å²) in [6, 6.07) is 18.4. The van der Waals surface area contributed by atoms with Crippen molar-refractivity contribution in [2.45, 2.75) is 39.5 Å². The number of carbonyl (C=O) groups is 1. The number of guanidine groups is 1. The van der Waals surface area contributed by atoms with Gasteiger partial charge in [-0.2, -0.15) is 0 Å². The van der Waals surface area contributed by atoms with E-state index in [1.165, 1.54) is 5.56 Å². The maximum absolute atomic E-state index is 12.2. The zero-order valence-electron chi connectivity index (χ0n) is 18.1. The van der Waals surface area contributed by atoms with E-state index >= 15 is 0 Å². The molecule has 1 saturated heterocycles. The van der Waals surface area contributed by atoms with Crippen LogP contribution in [0, 0.1) is 5.92 Å². The van der Waals surface area contributed by atoms with Crippen LogP contribution in [0.1, 0.15) is 31.4 Å². The Hall–Kier alpha value is -3.02. The Kier molecular flexibility index (Phi) is 7.71. The first-order valence-corrected chi connectivity index (χ1v) is 10.6. The van der Waals surface area contributed by atoms with E-state index in [0.29, 0.717) is 13.2 Å². The van der Waals surface area contributed by atoms with E-state index in [4.69, 9.17) is 4.74 Å². The van der Waals surface area contributed by atoms with Crippen molar-refractivity contribution in [3.8, 4) is 5.75 Å². The van der Waals surface area contributed by atoms with E-state index in [9.17, 15) is 4.79 Å². The molecule has 1 aliphatic rings. The van der Waals surface area contributed by atoms with Gasteiger partial charge in [-0.25, -0.2) is 0 Å². The van der Waals surface area contributed by atoms with Crippen LogP contribution in [-0.4, -0.2) is 42.9 Å². The standard InChI is InChI=1S/C24H32N4O2/c1-18(2)23(29)28-14-13-21(16-28)27-24(25-3)26-15-19-9-11-20(12-10-19)17-30-22-7-5-4-6-8-22/h4-12,18,21H,13-17H2,1-3H3,(H2,25,26,27). The number of benzene rings is 2. The Labute approximate surface area is 179 Å². The third-order valence-electron chi connectivity index (χ3n) is 5.19. The molecule has 0 aliphatic carbocycles. The lowest BCUT2D eigenvalue weighted by Crippen LogP contribution is -2.45. The van der Waals surface area contributed by atoms with Gasteiger partial charge >= 0.3 is 0 Å². The SMILES string of the molecule is CN=C(NCc1ccc(COc2ccccc2)cc1)NC1CCN(C(=O)C(C)C)C1. The van der Waals surface area contributed by atoms with Gasteiger partial charge in [-0.15, -0.1) is 0 Å². The zero-order chi connectivity index (χ0) is 21.3. The van der Waals surface area contributed by atoms with Gasteiger partial charge in [0.2, 0.25) is 5.91 Å². The van der Waals surface area contributed by atoms with Crippen molar-refractivity contribution in [2.75, 3.05) is 20.1 Å². The molecule has 1 fully saturated rings. The number of carbonyl (C=O) groups excluding carboxylic acids is 1. The van der Waals surface area contributed by atoms with Gasteiger partial charge in [0.25, 0.3) is 0 Å². The molecule has 1 aliphatic heterocycles. The molecule has 0 spiro atoms. The second kappa shape index (κ2) is 10.7. The van der Waals surface area contributed by atoms with Crippen LogP contribution < -0.4 is 15.4 Å². The topological polar surface area (TPSA) is 66.0 Å². The summed E-state index contributed by atoms with van der Waals surface area (Å²) in [5, 5.41) is 6.80. The molecule has 160 valence electrons. The van der Waals surface area contributed by atoms with E-state index in [1.807, 2.05) is 49.1 Å². The van der Waals surface area contributed by atoms with E-state index in [0.717, 1.165) is 36.8 Å². The number of amides is 1. The van der Waals surface area contributed by atoms with Crippen molar-refractivity contribution < 1.29 is 9.53 Å². The zero-order valence-corrected chi connectivity index (χ0v) is 18.1. The first-order valence-electron chi connectivity index (χ1n) is 10.6. The van der Waals surface area contributed by atoms with Gasteiger partial charge in [-0.1, -0.05) is 56.3 Å². The van der Waals surface area contributed by atoms with Gasteiger partial charge in [0, 0.05) is 38.6 Å². The van der Waals surface area contributed by atoms with Gasteiger partial charge in [-0.3, -0.25) is 9.79 Å². The van der Waals surface area contributed by atoms with E-state index in [2.05, 4.69) is 39.9 Å². The molecule has 1 atom stereocenters. The summed E-state index contributed by atoms with van der Waals surface area (Å²) >= 11 is 0. The van der Waals surface area contributed by atoms with Crippen molar-refractivity contribution in [1.82, 2.24) is 15.5 Å². The first kappa shape index (κ1) is 21.7. The molecular formula is C24H32N4O2. The van der Waals surface area contributed by atoms with Crippen molar-refractivity contribution in [3.63, 3.8) is 0 Å². The molecule has 6 nitrogen and oxygen atoms in total. The Balaban J connectivity index is 1.43. The summed E-state index contributed by atoms with van der Waals surface area (Å²) in [4.78, 5) is 18.4. The Morgan fingerprint density at radius 2 is 1.83 bits per heavy atom. The highest BCUT2D eigenvalue weighted by Crippen LogP contribution is 2.14. The molecule has 0 saturated carbocycles. The molecule has 0 bridgehead atoms. The van der Waals surface area contributed by atoms with Crippen molar-refractivity contribution in [1.29, 1.82) is 0 Å². The molecule has 0 aromatic heterocycles. The predicted molar refractivity (Wildman–Crippen MR) is 120 cm³/mol. The minimum atomic E-state index is 0.0438. The molecule has 1 unspecified atom stereocenters. The van der Waals surface area contributed by atoms with E-state index in [-0.39, 0.29) is 17.9 Å². The average molecular weight is 409 g/mol. The highest BCUT2D eigenvalue weighted by Gasteiger charge is 2.27. The molecule has 30 heavy (non-hydrogen) atoms. The highest BCUT2D eigenvalue weighted by molar-refractivity contribution is 5.81. The van der Waals surface area contributed by atoms with Crippen LogP contribution in [0.2, 0.25) is 0 Å². The smallest absolute Gasteiger partial charge is 0.225 e. The minimum absolute atomic E-state index is 0.0438. The average Bonchev–Trinajstić information content (AvgIpc) is 3.24. The van der Waals surface area contributed by atoms with Gasteiger partial charge in [0.05, 0.1) is 0 Å². The molecule has 2 aromatic rings. The fraction of sp³-hybridized carbons (Fsp3) is 0.417. The van der Waals surface area contributed by atoms with Crippen LogP contribution in [0.15, 0.2) is 59.6 Å². The molecule has 2 aromatic carbocycles. The third kappa shape index (κ3) is 6.24. The summed E-state index contributed by atoms with van der Waals surface area (Å²) in [6.45, 7) is 6.66. The van der Waals surface area contributed by atoms with Gasteiger partial charge in [0.15, 0.2) is 5.96 Å². The number of hydrogen-bond donors (Lipinski definition) is 2. The van der Waals surface area contributed by atoms with Gasteiger partial charge in [0.1, 0.15) is 12.4 Å². The summed E-state index contributed by atoms with van der Waals surface area (Å²) in [6.07, 6.45) is 0.940. The Morgan fingerprint density at radius 1 is 1.13 bits per heavy atom. The molecule has 6 heteroatoms. The first-order chi connectivity index (χ1) is 14.5. The fourth-order valence-corrected chi connectivity index (χ4v) is 3.45. The molecule has 3 rings (SSSR count). The maximum atomic E-state index is 12.2. The van der Waals surface area contributed by atoms with Crippen LogP contribution in [-0.2, 0) is 17.9 Å². The summed E-state index contributed by atoms with van der Waals surface area (Å²) in [5.41, 5.74) is 2.30. The quantitative estimate of drug-likeness (QED) is 0.546. The number of ether oxygens (including phenoxy) is 1. The molecule has 0 radical (unpaired) electrons. The largest absolute Gasteiger partial charge is 0.489 e. The van der Waals surface area contributed by atoms with Crippen LogP contribution in [0.3, 0.4) is 0 Å². The van der Waals surface area contributed by atoms with Crippen molar-refractivity contribution in [3.05, 3.63) is 65.7 Å². The lowest BCUT2D eigenvalue weighted by Gasteiger charge is -2.20. The fourth-order valence-electron chi connectivity index (χ4n) is 3.45. The number of nitrogens with one attached hydrogen (secondary N) is 2. The molecule has 1 heterocycles. The lowest BCUT2D eigenvalue weighted by molar-refractivity contribution is -0.133. The van der Waals surface area contributed by atoms with Gasteiger partial charge < -0.3 is 20.3 Å². The van der Waals surface area contributed by atoms with Crippen LogP contribution in [0.25, 0.3) is 0 Å². The molecule has 2 N–H and O–H groups in total. The minimum Gasteiger partial charge on any atom is -0.489 e.